The predicted molar refractivity (Wildman–Crippen MR) is 132 cm³/mol. The summed E-state index contributed by atoms with van der Waals surface area (Å²) in [6, 6.07) is 0. The van der Waals surface area contributed by atoms with Crippen LogP contribution in [0.3, 0.4) is 0 Å². The Morgan fingerprint density at radius 3 is 2.14 bits per heavy atom. The maximum atomic E-state index is 13.1. The predicted octanol–water partition coefficient (Wildman–Crippen LogP) is 2.99. The van der Waals surface area contributed by atoms with E-state index in [-0.39, 0.29) is 22.7 Å². The Morgan fingerprint density at radius 1 is 0.914 bits per heavy atom. The molecule has 4 fully saturated rings. The number of aliphatic hydroxyl groups is 5. The van der Waals surface area contributed by atoms with Crippen molar-refractivity contribution in [2.75, 3.05) is 13.2 Å². The first-order chi connectivity index (χ1) is 16.2. The van der Waals surface area contributed by atoms with Crippen LogP contribution in [0, 0.1) is 44.3 Å². The zero-order chi connectivity index (χ0) is 25.8. The van der Waals surface area contributed by atoms with Crippen LogP contribution >= 0.6 is 0 Å². The highest BCUT2D eigenvalue weighted by Crippen LogP contribution is 2.74. The zero-order valence-corrected chi connectivity index (χ0v) is 22.2. The first-order valence-electron chi connectivity index (χ1n) is 13.7. The van der Waals surface area contributed by atoms with Crippen molar-refractivity contribution in [2.45, 2.75) is 104 Å². The van der Waals surface area contributed by atoms with Gasteiger partial charge in [0.25, 0.3) is 0 Å². The van der Waals surface area contributed by atoms with Crippen molar-refractivity contribution in [3.05, 3.63) is 11.6 Å². The summed E-state index contributed by atoms with van der Waals surface area (Å²) in [5, 5.41) is 55.1. The van der Waals surface area contributed by atoms with Crippen molar-refractivity contribution in [1.29, 1.82) is 0 Å². The lowest BCUT2D eigenvalue weighted by Crippen LogP contribution is -2.69. The Labute approximate surface area is 209 Å². The molecule has 6 heteroatoms. The van der Waals surface area contributed by atoms with Gasteiger partial charge in [-0.25, -0.2) is 0 Å². The van der Waals surface area contributed by atoms with Crippen molar-refractivity contribution in [3.63, 3.8) is 0 Å². The molecule has 0 unspecified atom stereocenters. The van der Waals surface area contributed by atoms with E-state index in [0.717, 1.165) is 37.7 Å². The van der Waals surface area contributed by atoms with E-state index in [1.165, 1.54) is 0 Å². The zero-order valence-electron chi connectivity index (χ0n) is 22.2. The van der Waals surface area contributed by atoms with E-state index in [1.54, 1.807) is 0 Å². The lowest BCUT2D eigenvalue weighted by atomic mass is 9.34. The molecule has 5 aliphatic carbocycles. The second kappa shape index (κ2) is 7.63. The molecular weight excluding hydrogens is 444 g/mol. The SMILES string of the molecule is CC1(C)CC[C@]2(C1)[C@H](O)C1=CC[C@@H]3[C@@]4(C)C[C@@H](O)C(=O)C(CO)(CO)[C@@H]4CC[C@@]3(C)[C@]1(C)C[C@@H]2O. The smallest absolute Gasteiger partial charge is 0.172 e. The van der Waals surface area contributed by atoms with Gasteiger partial charge < -0.3 is 25.5 Å². The number of aliphatic hydroxyl groups excluding tert-OH is 5. The number of Topliss-reactive ketones (excluding diaryl/α,β-unsaturated/α-hetero) is 1. The summed E-state index contributed by atoms with van der Waals surface area (Å²) in [6.45, 7) is 10.2. The third-order valence-electron chi connectivity index (χ3n) is 12.6. The third-order valence-corrected chi connectivity index (χ3v) is 12.6. The lowest BCUT2D eigenvalue weighted by molar-refractivity contribution is -0.221. The van der Waals surface area contributed by atoms with Gasteiger partial charge in [-0.15, -0.1) is 0 Å². The molecule has 0 bridgehead atoms. The van der Waals surface area contributed by atoms with Gasteiger partial charge in [-0.3, -0.25) is 4.79 Å². The van der Waals surface area contributed by atoms with Crippen LogP contribution in [0.1, 0.15) is 86.0 Å². The van der Waals surface area contributed by atoms with Gasteiger partial charge in [0.2, 0.25) is 0 Å². The van der Waals surface area contributed by atoms with E-state index in [1.807, 2.05) is 0 Å². The molecule has 0 aromatic heterocycles. The lowest BCUT2D eigenvalue weighted by Gasteiger charge is -2.70. The average molecular weight is 491 g/mol. The number of allylic oxidation sites excluding steroid dienone is 1. The van der Waals surface area contributed by atoms with Crippen LogP contribution in [0.25, 0.3) is 0 Å². The van der Waals surface area contributed by atoms with Gasteiger partial charge in [-0.2, -0.15) is 0 Å². The Kier molecular flexibility index (Phi) is 5.63. The molecule has 4 saturated carbocycles. The van der Waals surface area contributed by atoms with Gasteiger partial charge in [-0.1, -0.05) is 40.7 Å². The molecular formula is C29H46O6. The highest BCUT2D eigenvalue weighted by molar-refractivity contribution is 5.90. The Balaban J connectivity index is 1.59. The standard InChI is InChI=1S/C29H46O6/c1-24(2)10-11-28(14-24)21(33)13-27(5)17(22(28)34)6-7-19-25(3)12-18(32)23(35)29(15-30,16-31)20(25)8-9-26(19,27)4/h6,18-22,30-34H,7-16H2,1-5H3/t18-,19-,20-,21+,22-,25-,26-,27-,28-/m1/s1. The number of ketones is 1. The molecule has 5 aliphatic rings. The van der Waals surface area contributed by atoms with Gasteiger partial charge in [0.05, 0.1) is 30.8 Å². The average Bonchev–Trinajstić information content (AvgIpc) is 3.12. The van der Waals surface area contributed by atoms with Gasteiger partial charge in [-0.05, 0) is 90.4 Å². The number of carbonyl (C=O) groups is 1. The minimum Gasteiger partial charge on any atom is -0.395 e. The number of hydrogen-bond acceptors (Lipinski definition) is 6. The fraction of sp³-hybridized carbons (Fsp3) is 0.897. The Morgan fingerprint density at radius 2 is 1.57 bits per heavy atom. The molecule has 1 spiro atoms. The van der Waals surface area contributed by atoms with E-state index < -0.39 is 59.0 Å². The van der Waals surface area contributed by atoms with Crippen LogP contribution in [0.15, 0.2) is 11.6 Å². The van der Waals surface area contributed by atoms with E-state index in [0.29, 0.717) is 19.3 Å². The van der Waals surface area contributed by atoms with E-state index >= 15 is 0 Å². The monoisotopic (exact) mass is 490 g/mol. The summed E-state index contributed by atoms with van der Waals surface area (Å²) in [5.74, 6) is -0.560. The molecule has 0 aromatic rings. The largest absolute Gasteiger partial charge is 0.395 e. The maximum Gasteiger partial charge on any atom is 0.172 e. The molecule has 9 atom stereocenters. The molecule has 6 nitrogen and oxygen atoms in total. The van der Waals surface area contributed by atoms with Gasteiger partial charge in [0.1, 0.15) is 6.10 Å². The van der Waals surface area contributed by atoms with Gasteiger partial charge in [0, 0.05) is 5.41 Å². The summed E-state index contributed by atoms with van der Waals surface area (Å²) in [5.41, 5.74) is -1.77. The number of rotatable bonds is 2. The second-order valence-corrected chi connectivity index (χ2v) is 14.5. The summed E-state index contributed by atoms with van der Waals surface area (Å²) >= 11 is 0. The van der Waals surface area contributed by atoms with Crippen LogP contribution in [0.2, 0.25) is 0 Å². The van der Waals surface area contributed by atoms with Crippen molar-refractivity contribution in [1.82, 2.24) is 0 Å². The van der Waals surface area contributed by atoms with Gasteiger partial charge in [0.15, 0.2) is 5.78 Å². The highest BCUT2D eigenvalue weighted by atomic mass is 16.3. The van der Waals surface area contributed by atoms with Crippen molar-refractivity contribution >= 4 is 5.78 Å². The fourth-order valence-corrected chi connectivity index (χ4v) is 10.5. The van der Waals surface area contributed by atoms with E-state index in [9.17, 15) is 30.3 Å². The topological polar surface area (TPSA) is 118 Å². The van der Waals surface area contributed by atoms with Crippen LogP contribution < -0.4 is 0 Å². The Hall–Kier alpha value is -0.790. The van der Waals surface area contributed by atoms with Crippen LogP contribution in [-0.2, 0) is 4.79 Å². The Bertz CT molecular complexity index is 937. The number of hydrogen-bond donors (Lipinski definition) is 5. The molecule has 0 amide bonds. The summed E-state index contributed by atoms with van der Waals surface area (Å²) in [7, 11) is 0. The van der Waals surface area contributed by atoms with Crippen LogP contribution in [-0.4, -0.2) is 62.8 Å². The molecule has 5 rings (SSSR count). The van der Waals surface area contributed by atoms with Crippen molar-refractivity contribution in [3.8, 4) is 0 Å². The molecule has 198 valence electrons. The first kappa shape index (κ1) is 25.8. The molecule has 0 aliphatic heterocycles. The van der Waals surface area contributed by atoms with Crippen LogP contribution in [0.5, 0.6) is 0 Å². The third kappa shape index (κ3) is 2.98. The molecule has 0 aromatic carbocycles. The summed E-state index contributed by atoms with van der Waals surface area (Å²) in [4.78, 5) is 13.1. The minimum absolute atomic E-state index is 0.0937. The molecule has 0 saturated heterocycles. The molecule has 0 radical (unpaired) electrons. The van der Waals surface area contributed by atoms with E-state index in [4.69, 9.17) is 0 Å². The summed E-state index contributed by atoms with van der Waals surface area (Å²) < 4.78 is 0. The molecule has 5 N–H and O–H groups in total. The summed E-state index contributed by atoms with van der Waals surface area (Å²) in [6.07, 6.45) is 5.51. The maximum absolute atomic E-state index is 13.1. The molecule has 0 heterocycles. The minimum atomic E-state index is -1.33. The van der Waals surface area contributed by atoms with Gasteiger partial charge >= 0.3 is 0 Å². The quantitative estimate of drug-likeness (QED) is 0.380. The number of fused-ring (bicyclic) bond motifs is 5. The van der Waals surface area contributed by atoms with Crippen molar-refractivity contribution < 1.29 is 30.3 Å². The normalized spacial score (nSPS) is 52.5. The highest BCUT2D eigenvalue weighted by Gasteiger charge is 2.71. The fourth-order valence-electron chi connectivity index (χ4n) is 10.5. The second-order valence-electron chi connectivity index (χ2n) is 14.5. The van der Waals surface area contributed by atoms with Crippen LogP contribution in [0.4, 0.5) is 0 Å². The van der Waals surface area contributed by atoms with E-state index in [2.05, 4.69) is 40.7 Å². The van der Waals surface area contributed by atoms with Crippen molar-refractivity contribution in [2.24, 2.45) is 44.3 Å². The molecule has 35 heavy (non-hydrogen) atoms. The number of carbonyl (C=O) groups excluding carboxylic acids is 1. The first-order valence-corrected chi connectivity index (χ1v) is 13.7.